The number of nitrogens with one attached hydrogen (secondary N) is 1. The third kappa shape index (κ3) is 1.13. The summed E-state index contributed by atoms with van der Waals surface area (Å²) >= 11 is 0. The van der Waals surface area contributed by atoms with E-state index in [1.807, 2.05) is 30.5 Å². The van der Waals surface area contributed by atoms with E-state index in [1.54, 1.807) is 0 Å². The van der Waals surface area contributed by atoms with Crippen molar-refractivity contribution in [1.29, 1.82) is 0 Å². The highest BCUT2D eigenvalue weighted by atomic mass is 127. The van der Waals surface area contributed by atoms with Gasteiger partial charge in [0.05, 0.1) is 11.7 Å². The zero-order chi connectivity index (χ0) is 6.10. The van der Waals surface area contributed by atoms with Gasteiger partial charge in [-0.2, -0.15) is 5.10 Å². The topological polar surface area (TPSA) is 28.7 Å². The highest BCUT2D eigenvalue weighted by molar-refractivity contribution is 14.0. The van der Waals surface area contributed by atoms with E-state index >= 15 is 0 Å². The van der Waals surface area contributed by atoms with E-state index in [0.29, 0.717) is 0 Å². The van der Waals surface area contributed by atoms with E-state index in [9.17, 15) is 0 Å². The van der Waals surface area contributed by atoms with Crippen molar-refractivity contribution in [2.45, 2.75) is 0 Å². The lowest BCUT2D eigenvalue weighted by Gasteiger charge is -1.81. The summed E-state index contributed by atoms with van der Waals surface area (Å²) < 4.78 is 0. The molecule has 52 valence electrons. The molecule has 0 unspecified atom stereocenters. The van der Waals surface area contributed by atoms with E-state index in [2.05, 4.69) is 10.2 Å². The maximum absolute atomic E-state index is 3.88. The molecule has 0 aliphatic carbocycles. The van der Waals surface area contributed by atoms with E-state index in [1.165, 1.54) is 0 Å². The summed E-state index contributed by atoms with van der Waals surface area (Å²) in [7, 11) is 0. The van der Waals surface area contributed by atoms with Gasteiger partial charge in [0, 0.05) is 5.39 Å². The molecule has 2 aromatic rings. The summed E-state index contributed by atoms with van der Waals surface area (Å²) in [4.78, 5) is 0. The van der Waals surface area contributed by atoms with Crippen molar-refractivity contribution in [3.63, 3.8) is 0 Å². The fourth-order valence-electron chi connectivity index (χ4n) is 0.883. The van der Waals surface area contributed by atoms with E-state index in [0.717, 1.165) is 10.9 Å². The Morgan fingerprint density at radius 2 is 2.00 bits per heavy atom. The van der Waals surface area contributed by atoms with Crippen molar-refractivity contribution >= 4 is 34.9 Å². The quantitative estimate of drug-likeness (QED) is 0.709. The average molecular weight is 246 g/mol. The minimum Gasteiger partial charge on any atom is -0.278 e. The van der Waals surface area contributed by atoms with Crippen LogP contribution in [0.5, 0.6) is 0 Å². The van der Waals surface area contributed by atoms with Crippen molar-refractivity contribution in [2.75, 3.05) is 0 Å². The number of rotatable bonds is 0. The molecule has 0 fully saturated rings. The van der Waals surface area contributed by atoms with Crippen LogP contribution in [0.1, 0.15) is 0 Å². The lowest BCUT2D eigenvalue weighted by Crippen LogP contribution is -1.63. The van der Waals surface area contributed by atoms with Crippen LogP contribution in [0.3, 0.4) is 0 Å². The van der Waals surface area contributed by atoms with Gasteiger partial charge in [-0.15, -0.1) is 24.0 Å². The van der Waals surface area contributed by atoms with Gasteiger partial charge in [-0.05, 0) is 6.07 Å². The number of hydrogen-bond acceptors (Lipinski definition) is 1. The van der Waals surface area contributed by atoms with Crippen LogP contribution >= 0.6 is 24.0 Å². The molecule has 0 radical (unpaired) electrons. The van der Waals surface area contributed by atoms with Crippen molar-refractivity contribution in [2.24, 2.45) is 0 Å². The number of nitrogens with zero attached hydrogens (tertiary/aromatic N) is 1. The molecule has 0 saturated heterocycles. The normalized spacial score (nSPS) is 9.20. The van der Waals surface area contributed by atoms with Gasteiger partial charge >= 0.3 is 0 Å². The second kappa shape index (κ2) is 3.01. The van der Waals surface area contributed by atoms with E-state index in [-0.39, 0.29) is 24.0 Å². The number of benzene rings is 1. The van der Waals surface area contributed by atoms with E-state index < -0.39 is 0 Å². The van der Waals surface area contributed by atoms with Crippen LogP contribution in [-0.2, 0) is 0 Å². The number of fused-ring (bicyclic) bond motifs is 1. The minimum atomic E-state index is 0. The number of para-hydroxylation sites is 1. The lowest BCUT2D eigenvalue weighted by molar-refractivity contribution is 1.12. The Balaban J connectivity index is 0.000000500. The van der Waals surface area contributed by atoms with Crippen LogP contribution in [0.25, 0.3) is 10.9 Å². The number of halogens is 1. The molecule has 10 heavy (non-hydrogen) atoms. The van der Waals surface area contributed by atoms with Crippen molar-refractivity contribution in [3.8, 4) is 0 Å². The molecular weight excluding hydrogens is 239 g/mol. The maximum atomic E-state index is 3.88. The van der Waals surface area contributed by atoms with Gasteiger partial charge in [0.2, 0.25) is 0 Å². The summed E-state index contributed by atoms with van der Waals surface area (Å²) in [5.41, 5.74) is 1.09. The molecule has 1 heterocycles. The molecule has 0 aliphatic rings. The average Bonchev–Trinajstić information content (AvgIpc) is 2.33. The highest BCUT2D eigenvalue weighted by Crippen LogP contribution is 2.06. The Kier molecular flexibility index (Phi) is 2.26. The largest absolute Gasteiger partial charge is 0.278 e. The summed E-state index contributed by atoms with van der Waals surface area (Å²) in [6, 6.07) is 8.01. The SMILES string of the molecule is I.c1ccc2[nH]ncc2c1. The molecular formula is C7H7IN2. The predicted molar refractivity (Wildman–Crippen MR) is 51.5 cm³/mol. The molecule has 0 spiro atoms. The molecule has 0 bridgehead atoms. The van der Waals surface area contributed by atoms with Gasteiger partial charge in [0.25, 0.3) is 0 Å². The maximum Gasteiger partial charge on any atom is 0.0650 e. The second-order valence-corrected chi connectivity index (χ2v) is 1.96. The molecule has 1 aromatic carbocycles. The van der Waals surface area contributed by atoms with Crippen molar-refractivity contribution in [3.05, 3.63) is 30.5 Å². The van der Waals surface area contributed by atoms with Crippen LogP contribution in [0.15, 0.2) is 30.5 Å². The van der Waals surface area contributed by atoms with Crippen LogP contribution in [0.2, 0.25) is 0 Å². The van der Waals surface area contributed by atoms with Crippen LogP contribution in [0, 0.1) is 0 Å². The molecule has 2 nitrogen and oxygen atoms in total. The van der Waals surface area contributed by atoms with Crippen molar-refractivity contribution in [1.82, 2.24) is 10.2 Å². The molecule has 1 N–H and O–H groups in total. The Morgan fingerprint density at radius 1 is 1.20 bits per heavy atom. The highest BCUT2D eigenvalue weighted by Gasteiger charge is 1.88. The van der Waals surface area contributed by atoms with Crippen LogP contribution in [-0.4, -0.2) is 10.2 Å². The summed E-state index contributed by atoms with van der Waals surface area (Å²) in [6.45, 7) is 0. The first-order valence-electron chi connectivity index (χ1n) is 2.85. The van der Waals surface area contributed by atoms with Gasteiger partial charge in [0.1, 0.15) is 0 Å². The first-order chi connectivity index (χ1) is 4.47. The second-order valence-electron chi connectivity index (χ2n) is 1.96. The van der Waals surface area contributed by atoms with Gasteiger partial charge in [-0.1, -0.05) is 18.2 Å². The fraction of sp³-hybridized carbons (Fsp3) is 0. The first-order valence-corrected chi connectivity index (χ1v) is 2.85. The Bertz CT molecular complexity index is 286. The molecule has 0 saturated carbocycles. The third-order valence-electron chi connectivity index (χ3n) is 1.35. The monoisotopic (exact) mass is 246 g/mol. The summed E-state index contributed by atoms with van der Waals surface area (Å²) in [5.74, 6) is 0. The zero-order valence-corrected chi connectivity index (χ0v) is 7.57. The smallest absolute Gasteiger partial charge is 0.0650 e. The Labute approximate surface area is 75.7 Å². The number of H-pyrrole nitrogens is 1. The third-order valence-corrected chi connectivity index (χ3v) is 1.35. The summed E-state index contributed by atoms with van der Waals surface area (Å²) in [6.07, 6.45) is 1.81. The first kappa shape index (κ1) is 7.53. The Hall–Kier alpha value is -0.580. The van der Waals surface area contributed by atoms with Gasteiger partial charge in [-0.25, -0.2) is 0 Å². The number of hydrogen-bond donors (Lipinski definition) is 1. The molecule has 2 rings (SSSR count). The van der Waals surface area contributed by atoms with E-state index in [4.69, 9.17) is 0 Å². The fourth-order valence-corrected chi connectivity index (χ4v) is 0.883. The molecule has 1 aromatic heterocycles. The van der Waals surface area contributed by atoms with Crippen LogP contribution < -0.4 is 0 Å². The van der Waals surface area contributed by atoms with Gasteiger partial charge < -0.3 is 0 Å². The zero-order valence-electron chi connectivity index (χ0n) is 5.24. The molecule has 0 aliphatic heterocycles. The lowest BCUT2D eigenvalue weighted by atomic mass is 10.3. The summed E-state index contributed by atoms with van der Waals surface area (Å²) in [5, 5.41) is 7.91. The Morgan fingerprint density at radius 3 is 2.80 bits per heavy atom. The molecule has 0 amide bonds. The predicted octanol–water partition coefficient (Wildman–Crippen LogP) is 2.18. The molecule has 3 heteroatoms. The number of aromatic amines is 1. The number of aromatic nitrogens is 2. The van der Waals surface area contributed by atoms with Gasteiger partial charge in [-0.3, -0.25) is 5.10 Å². The van der Waals surface area contributed by atoms with Gasteiger partial charge in [0.15, 0.2) is 0 Å². The standard InChI is InChI=1S/C7H6N2.HI/c1-2-4-7-6(3-1)5-8-9-7;/h1-5H,(H,8,9);1H. The van der Waals surface area contributed by atoms with Crippen LogP contribution in [0.4, 0.5) is 0 Å². The minimum absolute atomic E-state index is 0. The van der Waals surface area contributed by atoms with Crippen molar-refractivity contribution < 1.29 is 0 Å². The molecule has 0 atom stereocenters.